The number of aromatic nitrogens is 2. The predicted octanol–water partition coefficient (Wildman–Crippen LogP) is 2.74. The zero-order chi connectivity index (χ0) is 10.8. The van der Waals surface area contributed by atoms with Gasteiger partial charge in [-0.3, -0.25) is 10.1 Å². The fraction of sp³-hybridized carbons (Fsp3) is 0.125. The van der Waals surface area contributed by atoms with E-state index in [1.165, 1.54) is 4.68 Å². The van der Waals surface area contributed by atoms with Crippen molar-refractivity contribution < 1.29 is 4.92 Å². The van der Waals surface area contributed by atoms with Gasteiger partial charge < -0.3 is 0 Å². The molecule has 7 heteroatoms. The molecule has 0 radical (unpaired) electrons. The molecule has 0 aliphatic rings. The van der Waals surface area contributed by atoms with Crippen LogP contribution < -0.4 is 0 Å². The zero-order valence-corrected chi connectivity index (χ0v) is 9.86. The molecule has 2 aromatic heterocycles. The number of hydrogen-bond acceptors (Lipinski definition) is 4. The molecule has 2 heterocycles. The van der Waals surface area contributed by atoms with E-state index in [-0.39, 0.29) is 9.92 Å². The van der Waals surface area contributed by atoms with E-state index in [4.69, 9.17) is 0 Å². The molecule has 0 bridgehead atoms. The standard InChI is InChI=1S/C8H6BrN3O2S/c9-5-6-4-7(8(15-6)12(13)14)11-3-1-2-10-11/h1-4H,5H2. The van der Waals surface area contributed by atoms with Gasteiger partial charge in [-0.2, -0.15) is 5.10 Å². The highest BCUT2D eigenvalue weighted by Crippen LogP contribution is 2.33. The highest BCUT2D eigenvalue weighted by molar-refractivity contribution is 9.08. The number of nitrogens with zero attached hydrogens (tertiary/aromatic N) is 3. The average Bonchev–Trinajstić information content (AvgIpc) is 2.86. The minimum Gasteiger partial charge on any atom is -0.257 e. The smallest absolute Gasteiger partial charge is 0.257 e. The Morgan fingerprint density at radius 3 is 3.00 bits per heavy atom. The third-order valence-corrected chi connectivity index (χ3v) is 3.84. The first-order valence-electron chi connectivity index (χ1n) is 4.05. The van der Waals surface area contributed by atoms with Crippen LogP contribution in [0.25, 0.3) is 5.69 Å². The molecular formula is C8H6BrN3O2S. The molecule has 78 valence electrons. The number of hydrogen-bond donors (Lipinski definition) is 0. The van der Waals surface area contributed by atoms with Crippen molar-refractivity contribution >= 4 is 32.3 Å². The molecule has 15 heavy (non-hydrogen) atoms. The lowest BCUT2D eigenvalue weighted by Gasteiger charge is -1.95. The van der Waals surface area contributed by atoms with Crippen LogP contribution in [-0.4, -0.2) is 14.7 Å². The van der Waals surface area contributed by atoms with Gasteiger partial charge in [-0.05, 0) is 12.1 Å². The molecule has 0 aliphatic heterocycles. The van der Waals surface area contributed by atoms with Gasteiger partial charge >= 0.3 is 5.00 Å². The molecule has 0 N–H and O–H groups in total. The lowest BCUT2D eigenvalue weighted by atomic mass is 10.4. The number of halogens is 1. The van der Waals surface area contributed by atoms with Crippen molar-refractivity contribution in [1.82, 2.24) is 9.78 Å². The lowest BCUT2D eigenvalue weighted by molar-refractivity contribution is -0.380. The number of alkyl halides is 1. The third-order valence-electron chi connectivity index (χ3n) is 1.79. The quantitative estimate of drug-likeness (QED) is 0.495. The molecule has 0 saturated heterocycles. The molecule has 2 aromatic rings. The van der Waals surface area contributed by atoms with E-state index in [9.17, 15) is 10.1 Å². The molecule has 5 nitrogen and oxygen atoms in total. The first-order valence-corrected chi connectivity index (χ1v) is 5.99. The predicted molar refractivity (Wildman–Crippen MR) is 60.7 cm³/mol. The van der Waals surface area contributed by atoms with Crippen LogP contribution in [0.4, 0.5) is 5.00 Å². The Balaban J connectivity index is 2.54. The fourth-order valence-electron chi connectivity index (χ4n) is 1.19. The lowest BCUT2D eigenvalue weighted by Crippen LogP contribution is -1.96. The summed E-state index contributed by atoms with van der Waals surface area (Å²) in [5.74, 6) is 0. The summed E-state index contributed by atoms with van der Waals surface area (Å²) in [6.45, 7) is 0. The highest BCUT2D eigenvalue weighted by Gasteiger charge is 2.20. The van der Waals surface area contributed by atoms with Crippen molar-refractivity contribution in [3.05, 3.63) is 39.5 Å². The van der Waals surface area contributed by atoms with Crippen molar-refractivity contribution in [2.75, 3.05) is 0 Å². The third kappa shape index (κ3) is 1.93. The number of thiophene rings is 1. The van der Waals surface area contributed by atoms with E-state index in [0.29, 0.717) is 11.0 Å². The van der Waals surface area contributed by atoms with Crippen molar-refractivity contribution in [3.63, 3.8) is 0 Å². The summed E-state index contributed by atoms with van der Waals surface area (Å²) >= 11 is 4.43. The van der Waals surface area contributed by atoms with Crippen LogP contribution in [0.15, 0.2) is 24.5 Å². The van der Waals surface area contributed by atoms with Crippen LogP contribution >= 0.6 is 27.3 Å². The maximum absolute atomic E-state index is 10.8. The molecule has 0 spiro atoms. The van der Waals surface area contributed by atoms with E-state index in [1.54, 1.807) is 24.5 Å². The summed E-state index contributed by atoms with van der Waals surface area (Å²) in [6.07, 6.45) is 3.28. The normalized spacial score (nSPS) is 10.5. The molecule has 0 atom stereocenters. The van der Waals surface area contributed by atoms with Crippen LogP contribution in [0.2, 0.25) is 0 Å². The maximum atomic E-state index is 10.8. The van der Waals surface area contributed by atoms with E-state index >= 15 is 0 Å². The van der Waals surface area contributed by atoms with Gasteiger partial charge in [0.1, 0.15) is 0 Å². The first kappa shape index (κ1) is 10.3. The number of nitro groups is 1. The van der Waals surface area contributed by atoms with Crippen LogP contribution in [0.3, 0.4) is 0 Å². The second-order valence-corrected chi connectivity index (χ2v) is 4.42. The van der Waals surface area contributed by atoms with E-state index in [1.807, 2.05) is 0 Å². The Labute approximate surface area is 97.6 Å². The second kappa shape index (κ2) is 4.11. The van der Waals surface area contributed by atoms with Crippen molar-refractivity contribution in [2.24, 2.45) is 0 Å². The minimum atomic E-state index is -0.381. The highest BCUT2D eigenvalue weighted by atomic mass is 79.9. The fourth-order valence-corrected chi connectivity index (χ4v) is 2.50. The summed E-state index contributed by atoms with van der Waals surface area (Å²) in [4.78, 5) is 11.3. The molecule has 0 fully saturated rings. The molecule has 0 amide bonds. The molecule has 0 aromatic carbocycles. The average molecular weight is 288 g/mol. The summed E-state index contributed by atoms with van der Waals surface area (Å²) in [5, 5.41) is 15.5. The van der Waals surface area contributed by atoms with Gasteiger partial charge in [0.05, 0.1) is 4.92 Å². The van der Waals surface area contributed by atoms with E-state index < -0.39 is 0 Å². The zero-order valence-electron chi connectivity index (χ0n) is 7.46. The van der Waals surface area contributed by atoms with E-state index in [2.05, 4.69) is 21.0 Å². The Bertz CT molecular complexity index is 480. The summed E-state index contributed by atoms with van der Waals surface area (Å²) in [7, 11) is 0. The summed E-state index contributed by atoms with van der Waals surface area (Å²) < 4.78 is 1.50. The van der Waals surface area contributed by atoms with Crippen molar-refractivity contribution in [3.8, 4) is 5.69 Å². The Kier molecular flexibility index (Phi) is 2.83. The van der Waals surface area contributed by atoms with Gasteiger partial charge in [0, 0.05) is 22.6 Å². The van der Waals surface area contributed by atoms with Gasteiger partial charge in [0.15, 0.2) is 5.69 Å². The maximum Gasteiger partial charge on any atom is 0.349 e. The van der Waals surface area contributed by atoms with Gasteiger partial charge in [-0.15, -0.1) is 0 Å². The first-order chi connectivity index (χ1) is 7.22. The largest absolute Gasteiger partial charge is 0.349 e. The SMILES string of the molecule is O=[N+]([O-])c1sc(CBr)cc1-n1cccn1. The van der Waals surface area contributed by atoms with E-state index in [0.717, 1.165) is 16.2 Å². The minimum absolute atomic E-state index is 0.119. The van der Waals surface area contributed by atoms with Crippen LogP contribution in [0.5, 0.6) is 0 Å². The Hall–Kier alpha value is -1.21. The molecular weight excluding hydrogens is 282 g/mol. The monoisotopic (exact) mass is 287 g/mol. The molecule has 0 saturated carbocycles. The Morgan fingerprint density at radius 1 is 1.67 bits per heavy atom. The molecule has 0 unspecified atom stereocenters. The van der Waals surface area contributed by atoms with Gasteiger partial charge in [0.25, 0.3) is 0 Å². The van der Waals surface area contributed by atoms with Crippen LogP contribution in [0, 0.1) is 10.1 Å². The van der Waals surface area contributed by atoms with Crippen LogP contribution in [0.1, 0.15) is 4.88 Å². The summed E-state index contributed by atoms with van der Waals surface area (Å²) in [6, 6.07) is 3.50. The van der Waals surface area contributed by atoms with Crippen molar-refractivity contribution in [2.45, 2.75) is 5.33 Å². The summed E-state index contributed by atoms with van der Waals surface area (Å²) in [5.41, 5.74) is 0.518. The number of rotatable bonds is 3. The molecule has 0 aliphatic carbocycles. The van der Waals surface area contributed by atoms with Crippen LogP contribution in [-0.2, 0) is 5.33 Å². The Morgan fingerprint density at radius 2 is 2.47 bits per heavy atom. The van der Waals surface area contributed by atoms with Gasteiger partial charge in [0.2, 0.25) is 0 Å². The second-order valence-electron chi connectivity index (χ2n) is 2.74. The van der Waals surface area contributed by atoms with Gasteiger partial charge in [-0.25, -0.2) is 4.68 Å². The molecule has 2 rings (SSSR count). The van der Waals surface area contributed by atoms with Crippen molar-refractivity contribution in [1.29, 1.82) is 0 Å². The van der Waals surface area contributed by atoms with Gasteiger partial charge in [-0.1, -0.05) is 27.3 Å². The topological polar surface area (TPSA) is 61.0 Å².